The van der Waals surface area contributed by atoms with Crippen molar-refractivity contribution in [3.8, 4) is 0 Å². The third-order valence-electron chi connectivity index (χ3n) is 4.12. The molecule has 1 saturated carbocycles. The van der Waals surface area contributed by atoms with Crippen molar-refractivity contribution < 1.29 is 9.18 Å². The summed E-state index contributed by atoms with van der Waals surface area (Å²) in [5.74, 6) is -0.415. The minimum atomic E-state index is -0.466. The lowest BCUT2D eigenvalue weighted by molar-refractivity contribution is -0.122. The molecule has 0 spiro atoms. The van der Waals surface area contributed by atoms with Gasteiger partial charge in [0.2, 0.25) is 5.91 Å². The Morgan fingerprint density at radius 3 is 2.92 bits per heavy atom. The van der Waals surface area contributed by atoms with Gasteiger partial charge in [-0.1, -0.05) is 19.8 Å². The fraction of sp³-hybridized carbons (Fsp3) is 0.500. The summed E-state index contributed by atoms with van der Waals surface area (Å²) in [5, 5.41) is 10.0. The molecule has 7 nitrogen and oxygen atoms in total. The van der Waals surface area contributed by atoms with Crippen molar-refractivity contribution in [3.63, 3.8) is 0 Å². The van der Waals surface area contributed by atoms with Crippen LogP contribution in [0.3, 0.4) is 0 Å². The molecule has 1 fully saturated rings. The number of nitrogens with zero attached hydrogens (tertiary/aromatic N) is 4. The Morgan fingerprint density at radius 1 is 1.38 bits per heavy atom. The molecule has 0 aromatic carbocycles. The second-order valence-electron chi connectivity index (χ2n) is 5.94. The lowest BCUT2D eigenvalue weighted by Gasteiger charge is -2.11. The maximum Gasteiger partial charge on any atom is 0.241 e. The number of nitrogens with one attached hydrogen (secondary N) is 2. The summed E-state index contributed by atoms with van der Waals surface area (Å²) < 4.78 is 15.6. The molecule has 24 heavy (non-hydrogen) atoms. The Kier molecular flexibility index (Phi) is 5.02. The van der Waals surface area contributed by atoms with Crippen molar-refractivity contribution in [1.82, 2.24) is 25.1 Å². The third kappa shape index (κ3) is 3.87. The van der Waals surface area contributed by atoms with Crippen LogP contribution in [0, 0.1) is 5.82 Å². The van der Waals surface area contributed by atoms with Crippen molar-refractivity contribution in [2.75, 3.05) is 5.32 Å². The Morgan fingerprint density at radius 2 is 2.17 bits per heavy atom. The molecule has 2 aromatic rings. The molecule has 128 valence electrons. The van der Waals surface area contributed by atoms with Crippen LogP contribution >= 0.6 is 0 Å². The first-order valence-corrected chi connectivity index (χ1v) is 8.24. The van der Waals surface area contributed by atoms with Crippen molar-refractivity contribution in [2.45, 2.75) is 51.6 Å². The molecule has 0 radical (unpaired) electrons. The van der Waals surface area contributed by atoms with E-state index >= 15 is 0 Å². The molecule has 0 saturated heterocycles. The minimum absolute atomic E-state index is 0.0574. The van der Waals surface area contributed by atoms with E-state index in [9.17, 15) is 9.18 Å². The molecule has 2 N–H and O–H groups in total. The van der Waals surface area contributed by atoms with Gasteiger partial charge >= 0.3 is 0 Å². The van der Waals surface area contributed by atoms with Crippen LogP contribution in [0.5, 0.6) is 0 Å². The maximum atomic E-state index is 14.1. The molecule has 0 aliphatic heterocycles. The average molecular weight is 332 g/mol. The first kappa shape index (κ1) is 16.4. The van der Waals surface area contributed by atoms with Crippen molar-refractivity contribution in [3.05, 3.63) is 30.2 Å². The number of hydrogen-bond donors (Lipinski definition) is 2. The molecule has 2 heterocycles. The molecular formula is C16H21FN6O. The van der Waals surface area contributed by atoms with E-state index < -0.39 is 5.82 Å². The van der Waals surface area contributed by atoms with Crippen LogP contribution in [0.25, 0.3) is 0 Å². The predicted molar refractivity (Wildman–Crippen MR) is 87.3 cm³/mol. The lowest BCUT2D eigenvalue weighted by atomic mass is 10.2. The highest BCUT2D eigenvalue weighted by Crippen LogP contribution is 2.19. The SMILES string of the molecule is CCc1ncnc(Nc2cnn(CC(=O)NC3CCCC3)c2)c1F. The molecular weight excluding hydrogens is 311 g/mol. The zero-order valence-corrected chi connectivity index (χ0v) is 13.6. The lowest BCUT2D eigenvalue weighted by Crippen LogP contribution is -2.35. The van der Waals surface area contributed by atoms with E-state index in [2.05, 4.69) is 25.7 Å². The Balaban J connectivity index is 1.60. The minimum Gasteiger partial charge on any atom is -0.352 e. The molecule has 1 aliphatic rings. The van der Waals surface area contributed by atoms with Gasteiger partial charge in [0.05, 0.1) is 17.6 Å². The number of carbonyl (C=O) groups is 1. The van der Waals surface area contributed by atoms with E-state index in [4.69, 9.17) is 0 Å². The van der Waals surface area contributed by atoms with Gasteiger partial charge < -0.3 is 10.6 Å². The summed E-state index contributed by atoms with van der Waals surface area (Å²) in [6, 6.07) is 0.285. The fourth-order valence-electron chi connectivity index (χ4n) is 2.88. The molecule has 8 heteroatoms. The maximum absolute atomic E-state index is 14.1. The Bertz CT molecular complexity index is 710. The van der Waals surface area contributed by atoms with Gasteiger partial charge in [-0.15, -0.1) is 0 Å². The number of halogens is 1. The van der Waals surface area contributed by atoms with Crippen molar-refractivity contribution >= 4 is 17.4 Å². The summed E-state index contributed by atoms with van der Waals surface area (Å²) in [6.45, 7) is 1.97. The van der Waals surface area contributed by atoms with Gasteiger partial charge in [-0.25, -0.2) is 14.4 Å². The van der Waals surface area contributed by atoms with Crippen LogP contribution in [0.2, 0.25) is 0 Å². The topological polar surface area (TPSA) is 84.7 Å². The largest absolute Gasteiger partial charge is 0.352 e. The zero-order chi connectivity index (χ0) is 16.9. The van der Waals surface area contributed by atoms with Gasteiger partial charge in [0.15, 0.2) is 11.6 Å². The normalized spacial score (nSPS) is 14.8. The van der Waals surface area contributed by atoms with E-state index in [1.165, 1.54) is 30.0 Å². The van der Waals surface area contributed by atoms with Crippen LogP contribution in [-0.2, 0) is 17.8 Å². The van der Waals surface area contributed by atoms with E-state index in [0.717, 1.165) is 12.8 Å². The predicted octanol–water partition coefficient (Wildman–Crippen LogP) is 2.18. The highest BCUT2D eigenvalue weighted by Gasteiger charge is 2.17. The monoisotopic (exact) mass is 332 g/mol. The molecule has 1 aliphatic carbocycles. The first-order valence-electron chi connectivity index (χ1n) is 8.24. The highest BCUT2D eigenvalue weighted by molar-refractivity contribution is 5.76. The van der Waals surface area contributed by atoms with Crippen LogP contribution in [0.1, 0.15) is 38.3 Å². The molecule has 2 aromatic heterocycles. The molecule has 3 rings (SSSR count). The highest BCUT2D eigenvalue weighted by atomic mass is 19.1. The van der Waals surface area contributed by atoms with Gasteiger partial charge in [0.25, 0.3) is 0 Å². The van der Waals surface area contributed by atoms with Crippen LogP contribution < -0.4 is 10.6 Å². The summed E-state index contributed by atoms with van der Waals surface area (Å²) in [4.78, 5) is 19.8. The number of amides is 1. The summed E-state index contributed by atoms with van der Waals surface area (Å²) in [6.07, 6.45) is 9.44. The fourth-order valence-corrected chi connectivity index (χ4v) is 2.88. The van der Waals surface area contributed by atoms with Crippen LogP contribution in [-0.4, -0.2) is 31.7 Å². The molecule has 1 amide bonds. The zero-order valence-electron chi connectivity index (χ0n) is 13.6. The number of aryl methyl sites for hydroxylation is 1. The number of rotatable bonds is 6. The number of hydrogen-bond acceptors (Lipinski definition) is 5. The Hall–Kier alpha value is -2.51. The van der Waals surface area contributed by atoms with E-state index in [-0.39, 0.29) is 24.3 Å². The second kappa shape index (κ2) is 7.37. The number of aromatic nitrogens is 4. The van der Waals surface area contributed by atoms with Crippen LogP contribution in [0.15, 0.2) is 18.7 Å². The second-order valence-corrected chi connectivity index (χ2v) is 5.94. The van der Waals surface area contributed by atoms with Crippen molar-refractivity contribution in [2.24, 2.45) is 0 Å². The van der Waals surface area contributed by atoms with E-state index in [1.807, 2.05) is 6.92 Å². The van der Waals surface area contributed by atoms with Crippen LogP contribution in [0.4, 0.5) is 15.9 Å². The quantitative estimate of drug-likeness (QED) is 0.847. The summed E-state index contributed by atoms with van der Waals surface area (Å²) >= 11 is 0. The summed E-state index contributed by atoms with van der Waals surface area (Å²) in [5.41, 5.74) is 0.930. The van der Waals surface area contributed by atoms with Gasteiger partial charge in [0.1, 0.15) is 12.9 Å². The van der Waals surface area contributed by atoms with Gasteiger partial charge in [-0.05, 0) is 19.3 Å². The smallest absolute Gasteiger partial charge is 0.241 e. The third-order valence-corrected chi connectivity index (χ3v) is 4.12. The standard InChI is InChI=1S/C16H21FN6O/c1-2-13-15(17)16(19-10-18-13)22-12-7-20-23(8-12)9-14(24)21-11-5-3-4-6-11/h7-8,10-11H,2-6,9H2,1H3,(H,21,24)(H,18,19,22). The number of anilines is 2. The van der Waals surface area contributed by atoms with Gasteiger partial charge in [-0.2, -0.15) is 5.10 Å². The molecule has 0 bridgehead atoms. The summed E-state index contributed by atoms with van der Waals surface area (Å²) in [7, 11) is 0. The van der Waals surface area contributed by atoms with E-state index in [1.54, 1.807) is 6.20 Å². The average Bonchev–Trinajstić information content (AvgIpc) is 3.21. The Labute approximate surface area is 139 Å². The van der Waals surface area contributed by atoms with E-state index in [0.29, 0.717) is 17.8 Å². The van der Waals surface area contributed by atoms with Gasteiger partial charge in [0, 0.05) is 12.2 Å². The molecule has 0 unspecified atom stereocenters. The van der Waals surface area contributed by atoms with Gasteiger partial charge in [-0.3, -0.25) is 9.48 Å². The van der Waals surface area contributed by atoms with Crippen molar-refractivity contribution in [1.29, 1.82) is 0 Å². The molecule has 0 atom stereocenters. The first-order chi connectivity index (χ1) is 11.7. The number of carbonyl (C=O) groups excluding carboxylic acids is 1.